The Morgan fingerprint density at radius 1 is 0.381 bits per heavy atom. The van der Waals surface area contributed by atoms with E-state index >= 15 is 4.57 Å². The van der Waals surface area contributed by atoms with Crippen molar-refractivity contribution in [1.29, 1.82) is 0 Å². The standard InChI is InChI=1S/C59H37N2OP/c62-63(41-19-3-1-4-20-41,42-21-5-2-6-22-42)43-34-39(44-27-15-17-38-18-16-32-60-57(38)44)33-40(35-43)58-51-36-50-47-25-9-13-30-54(47)59(55(50)37-49(51)48-26-10-14-31-56(48)61-58)52-28-11-7-23-45(52)46-24-8-12-29-53(46)59/h1-37H. The predicted octanol–water partition coefficient (Wildman–Crippen LogP) is 13.3. The second-order valence-electron chi connectivity index (χ2n) is 16.7. The summed E-state index contributed by atoms with van der Waals surface area (Å²) in [7, 11) is -3.43. The second-order valence-corrected chi connectivity index (χ2v) is 19.5. The summed E-state index contributed by atoms with van der Waals surface area (Å²) in [6.45, 7) is 0. The van der Waals surface area contributed by atoms with E-state index in [2.05, 4.69) is 152 Å². The molecule has 2 heterocycles. The number of rotatable bonds is 5. The highest BCUT2D eigenvalue weighted by atomic mass is 31.2. The molecule has 4 heteroatoms. The van der Waals surface area contributed by atoms with Crippen LogP contribution in [0.5, 0.6) is 0 Å². The molecular formula is C59H37N2OP. The largest absolute Gasteiger partial charge is 0.309 e. The first-order chi connectivity index (χ1) is 31.1. The van der Waals surface area contributed by atoms with Crippen LogP contribution in [0.2, 0.25) is 0 Å². The molecule has 0 N–H and O–H groups in total. The van der Waals surface area contributed by atoms with Crippen molar-refractivity contribution >= 4 is 55.6 Å². The molecule has 0 fully saturated rings. The Kier molecular flexibility index (Phi) is 7.80. The Hall–Kier alpha value is -7.71. The van der Waals surface area contributed by atoms with Crippen LogP contribution in [0.4, 0.5) is 0 Å². The third-order valence-corrected chi connectivity index (χ3v) is 16.6. The van der Waals surface area contributed by atoms with Gasteiger partial charge in [-0.3, -0.25) is 4.98 Å². The first-order valence-corrected chi connectivity index (χ1v) is 23.2. The van der Waals surface area contributed by atoms with Crippen LogP contribution >= 0.6 is 7.14 Å². The van der Waals surface area contributed by atoms with E-state index in [0.29, 0.717) is 0 Å². The van der Waals surface area contributed by atoms with Gasteiger partial charge in [-0.2, -0.15) is 0 Å². The summed E-state index contributed by atoms with van der Waals surface area (Å²) in [6.07, 6.45) is 1.85. The van der Waals surface area contributed by atoms with Crippen LogP contribution in [0.25, 0.3) is 77.2 Å². The maximum atomic E-state index is 16.3. The fraction of sp³-hybridized carbons (Fsp3) is 0.0169. The summed E-state index contributed by atoms with van der Waals surface area (Å²) in [5.74, 6) is 0. The fourth-order valence-electron chi connectivity index (χ4n) is 10.9. The van der Waals surface area contributed by atoms with E-state index in [9.17, 15) is 0 Å². The van der Waals surface area contributed by atoms with Gasteiger partial charge >= 0.3 is 0 Å². The molecule has 0 unspecified atom stereocenters. The lowest BCUT2D eigenvalue weighted by molar-refractivity contribution is 0.592. The molecule has 2 aromatic heterocycles. The number of fused-ring (bicyclic) bond motifs is 14. The van der Waals surface area contributed by atoms with Crippen molar-refractivity contribution < 1.29 is 4.57 Å². The van der Waals surface area contributed by atoms with Gasteiger partial charge in [0.15, 0.2) is 7.14 Å². The first kappa shape index (κ1) is 36.0. The number of aromatic nitrogens is 2. The normalized spacial score (nSPS) is 13.3. The van der Waals surface area contributed by atoms with Gasteiger partial charge in [0.05, 0.1) is 22.1 Å². The number of hydrogen-bond donors (Lipinski definition) is 0. The Morgan fingerprint density at radius 2 is 0.937 bits per heavy atom. The Morgan fingerprint density at radius 3 is 1.62 bits per heavy atom. The molecule has 0 atom stereocenters. The molecule has 13 rings (SSSR count). The zero-order valence-electron chi connectivity index (χ0n) is 34.1. The molecule has 11 aromatic rings. The van der Waals surface area contributed by atoms with E-state index in [1.165, 1.54) is 44.5 Å². The average Bonchev–Trinajstić information content (AvgIpc) is 3.82. The maximum absolute atomic E-state index is 16.3. The SMILES string of the molecule is O=P(c1ccccc1)(c1ccccc1)c1cc(-c2nc3ccccc3c3cc4c(cc23)-c2ccccc2C42c3ccccc3-c3ccccc32)cc(-c2cccc3cccnc23)c1. The highest BCUT2D eigenvalue weighted by Gasteiger charge is 2.51. The summed E-state index contributed by atoms with van der Waals surface area (Å²) >= 11 is 0. The molecule has 63 heavy (non-hydrogen) atoms. The van der Waals surface area contributed by atoms with Crippen molar-refractivity contribution in [2.75, 3.05) is 0 Å². The third-order valence-electron chi connectivity index (χ3n) is 13.6. The number of hydrogen-bond acceptors (Lipinski definition) is 3. The second kappa shape index (κ2) is 13.6. The highest BCUT2D eigenvalue weighted by Crippen LogP contribution is 2.63. The van der Waals surface area contributed by atoms with Crippen LogP contribution in [0.1, 0.15) is 22.3 Å². The highest BCUT2D eigenvalue weighted by molar-refractivity contribution is 7.85. The molecule has 0 saturated carbocycles. The van der Waals surface area contributed by atoms with Crippen LogP contribution in [-0.4, -0.2) is 9.97 Å². The molecule has 0 saturated heterocycles. The minimum Gasteiger partial charge on any atom is -0.309 e. The topological polar surface area (TPSA) is 42.9 Å². The summed E-state index contributed by atoms with van der Waals surface area (Å²) in [5, 5.41) is 6.63. The van der Waals surface area contributed by atoms with E-state index < -0.39 is 12.6 Å². The Labute approximate surface area is 365 Å². The zero-order chi connectivity index (χ0) is 41.7. The molecule has 0 bridgehead atoms. The molecule has 3 nitrogen and oxygen atoms in total. The molecule has 1 spiro atoms. The summed E-state index contributed by atoms with van der Waals surface area (Å²) < 4.78 is 16.3. The lowest BCUT2D eigenvalue weighted by atomic mass is 9.70. The van der Waals surface area contributed by atoms with Crippen LogP contribution in [0, 0.1) is 0 Å². The summed E-state index contributed by atoms with van der Waals surface area (Å²) in [4.78, 5) is 10.5. The number of nitrogens with zero attached hydrogens (tertiary/aromatic N) is 2. The van der Waals surface area contributed by atoms with Gasteiger partial charge in [0.25, 0.3) is 0 Å². The van der Waals surface area contributed by atoms with E-state index in [1.807, 2.05) is 72.9 Å². The van der Waals surface area contributed by atoms with Gasteiger partial charge in [-0.25, -0.2) is 4.98 Å². The smallest absolute Gasteiger partial charge is 0.171 e. The minimum absolute atomic E-state index is 0.482. The number of para-hydroxylation sites is 2. The van der Waals surface area contributed by atoms with Gasteiger partial charge in [0, 0.05) is 49.4 Å². The van der Waals surface area contributed by atoms with E-state index in [0.717, 1.165) is 70.9 Å². The monoisotopic (exact) mass is 820 g/mol. The van der Waals surface area contributed by atoms with Gasteiger partial charge < -0.3 is 4.57 Å². The molecule has 294 valence electrons. The lowest BCUT2D eigenvalue weighted by Crippen LogP contribution is -2.25. The predicted molar refractivity (Wildman–Crippen MR) is 261 cm³/mol. The van der Waals surface area contributed by atoms with E-state index in [1.54, 1.807) is 0 Å². The average molecular weight is 821 g/mol. The van der Waals surface area contributed by atoms with Gasteiger partial charge in [0.2, 0.25) is 0 Å². The summed E-state index contributed by atoms with van der Waals surface area (Å²) in [6, 6.07) is 77.0. The van der Waals surface area contributed by atoms with E-state index in [-0.39, 0.29) is 0 Å². The van der Waals surface area contributed by atoms with Crippen molar-refractivity contribution in [2.24, 2.45) is 0 Å². The van der Waals surface area contributed by atoms with Crippen molar-refractivity contribution in [3.8, 4) is 44.6 Å². The minimum atomic E-state index is -3.43. The fourth-order valence-corrected chi connectivity index (χ4v) is 13.6. The van der Waals surface area contributed by atoms with Crippen LogP contribution in [0.3, 0.4) is 0 Å². The maximum Gasteiger partial charge on any atom is 0.171 e. The van der Waals surface area contributed by atoms with Gasteiger partial charge in [-0.15, -0.1) is 0 Å². The molecule has 0 amide bonds. The van der Waals surface area contributed by atoms with Gasteiger partial charge in [-0.1, -0.05) is 176 Å². The number of pyridine rings is 2. The van der Waals surface area contributed by atoms with Crippen LogP contribution < -0.4 is 15.9 Å². The van der Waals surface area contributed by atoms with Crippen molar-refractivity contribution in [3.63, 3.8) is 0 Å². The van der Waals surface area contributed by atoms with Crippen molar-refractivity contribution in [3.05, 3.63) is 247 Å². The number of benzene rings is 9. The quantitative estimate of drug-likeness (QED) is 0.128. The Balaban J connectivity index is 1.15. The molecule has 2 aliphatic rings. The van der Waals surface area contributed by atoms with Gasteiger partial charge in [0.1, 0.15) is 0 Å². The lowest BCUT2D eigenvalue weighted by Gasteiger charge is -2.30. The molecule has 0 aliphatic heterocycles. The van der Waals surface area contributed by atoms with Crippen LogP contribution in [0.15, 0.2) is 225 Å². The molecule has 0 radical (unpaired) electrons. The van der Waals surface area contributed by atoms with E-state index in [4.69, 9.17) is 9.97 Å². The molecule has 2 aliphatic carbocycles. The first-order valence-electron chi connectivity index (χ1n) is 21.5. The van der Waals surface area contributed by atoms with Gasteiger partial charge in [-0.05, 0) is 97.9 Å². The zero-order valence-corrected chi connectivity index (χ0v) is 35.0. The molecular weight excluding hydrogens is 784 g/mol. The van der Waals surface area contributed by atoms with Crippen molar-refractivity contribution in [1.82, 2.24) is 9.97 Å². The molecule has 9 aromatic carbocycles. The third kappa shape index (κ3) is 5.06. The Bertz CT molecular complexity index is 3630. The van der Waals surface area contributed by atoms with Crippen molar-refractivity contribution in [2.45, 2.75) is 5.41 Å². The summed E-state index contributed by atoms with van der Waals surface area (Å²) in [5.41, 5.74) is 15.2. The van der Waals surface area contributed by atoms with Crippen LogP contribution in [-0.2, 0) is 9.98 Å².